The second-order valence-electron chi connectivity index (χ2n) is 5.22. The Morgan fingerprint density at radius 3 is 2.35 bits per heavy atom. The number of carbonyl (C=O) groups is 4. The van der Waals surface area contributed by atoms with Crippen LogP contribution in [0.25, 0.3) is 0 Å². The highest BCUT2D eigenvalue weighted by molar-refractivity contribution is 5.98. The Morgan fingerprint density at radius 2 is 1.81 bits per heavy atom. The van der Waals surface area contributed by atoms with Crippen LogP contribution in [-0.4, -0.2) is 69.2 Å². The van der Waals surface area contributed by atoms with Crippen molar-refractivity contribution in [3.8, 4) is 11.5 Å². The lowest BCUT2D eigenvalue weighted by atomic mass is 10.2. The SMILES string of the molecule is COc1cc(OC)cc(C(=O)NCC(=O)OCC(=O)N2CCNC2=O)c1. The Bertz CT molecular complexity index is 698. The minimum Gasteiger partial charge on any atom is -0.497 e. The average Bonchev–Trinajstić information content (AvgIpc) is 3.09. The van der Waals surface area contributed by atoms with E-state index in [1.54, 1.807) is 6.07 Å². The van der Waals surface area contributed by atoms with Crippen molar-refractivity contribution in [2.45, 2.75) is 0 Å². The molecule has 10 heteroatoms. The summed E-state index contributed by atoms with van der Waals surface area (Å²) in [6.45, 7) is -0.421. The van der Waals surface area contributed by atoms with Crippen LogP contribution in [0.1, 0.15) is 10.4 Å². The van der Waals surface area contributed by atoms with E-state index in [0.717, 1.165) is 4.90 Å². The number of imide groups is 1. The van der Waals surface area contributed by atoms with E-state index in [-0.39, 0.29) is 12.1 Å². The number of nitrogens with one attached hydrogen (secondary N) is 2. The molecule has 4 amide bonds. The van der Waals surface area contributed by atoms with Gasteiger partial charge in [0, 0.05) is 24.7 Å². The molecule has 26 heavy (non-hydrogen) atoms. The maximum Gasteiger partial charge on any atom is 0.325 e. The number of hydrogen-bond acceptors (Lipinski definition) is 7. The summed E-state index contributed by atoms with van der Waals surface area (Å²) in [5, 5.41) is 4.84. The molecule has 2 rings (SSSR count). The van der Waals surface area contributed by atoms with Gasteiger partial charge in [-0.1, -0.05) is 0 Å². The Kier molecular flexibility index (Phi) is 6.36. The third-order valence-corrected chi connectivity index (χ3v) is 3.52. The largest absolute Gasteiger partial charge is 0.497 e. The third kappa shape index (κ3) is 4.85. The first-order chi connectivity index (χ1) is 12.4. The number of hydrogen-bond donors (Lipinski definition) is 2. The lowest BCUT2D eigenvalue weighted by Gasteiger charge is -2.12. The predicted octanol–water partition coefficient (Wildman–Crippen LogP) is -0.471. The van der Waals surface area contributed by atoms with Gasteiger partial charge in [-0.05, 0) is 12.1 Å². The van der Waals surface area contributed by atoms with Gasteiger partial charge in [-0.2, -0.15) is 0 Å². The van der Waals surface area contributed by atoms with E-state index < -0.39 is 37.0 Å². The molecule has 0 aromatic heterocycles. The molecule has 1 aliphatic rings. The molecular weight excluding hydrogens is 346 g/mol. The Labute approximate surface area is 149 Å². The number of amides is 4. The van der Waals surface area contributed by atoms with Gasteiger partial charge >= 0.3 is 12.0 Å². The van der Waals surface area contributed by atoms with Crippen molar-refractivity contribution in [1.29, 1.82) is 0 Å². The second-order valence-corrected chi connectivity index (χ2v) is 5.22. The van der Waals surface area contributed by atoms with Gasteiger partial charge in [-0.25, -0.2) is 4.79 Å². The monoisotopic (exact) mass is 365 g/mol. The smallest absolute Gasteiger partial charge is 0.325 e. The fraction of sp³-hybridized carbons (Fsp3) is 0.375. The number of ether oxygens (including phenoxy) is 3. The summed E-state index contributed by atoms with van der Waals surface area (Å²) in [7, 11) is 2.90. The molecule has 0 unspecified atom stereocenters. The molecule has 10 nitrogen and oxygen atoms in total. The van der Waals surface area contributed by atoms with Crippen molar-refractivity contribution in [2.24, 2.45) is 0 Å². The van der Waals surface area contributed by atoms with Gasteiger partial charge in [-0.15, -0.1) is 0 Å². The van der Waals surface area contributed by atoms with E-state index in [1.807, 2.05) is 0 Å². The van der Waals surface area contributed by atoms with Crippen molar-refractivity contribution in [3.63, 3.8) is 0 Å². The summed E-state index contributed by atoms with van der Waals surface area (Å²) in [4.78, 5) is 47.8. The van der Waals surface area contributed by atoms with E-state index >= 15 is 0 Å². The van der Waals surface area contributed by atoms with E-state index in [9.17, 15) is 19.2 Å². The van der Waals surface area contributed by atoms with Crippen molar-refractivity contribution in [2.75, 3.05) is 40.5 Å². The Hall–Kier alpha value is -3.30. The van der Waals surface area contributed by atoms with E-state index in [0.29, 0.717) is 18.0 Å². The molecule has 0 aliphatic carbocycles. The average molecular weight is 365 g/mol. The summed E-state index contributed by atoms with van der Waals surface area (Å²) in [5.41, 5.74) is 0.235. The lowest BCUT2D eigenvalue weighted by Crippen LogP contribution is -2.38. The molecule has 0 radical (unpaired) electrons. The van der Waals surface area contributed by atoms with Crippen molar-refractivity contribution in [3.05, 3.63) is 23.8 Å². The van der Waals surface area contributed by atoms with Crippen LogP contribution in [0.2, 0.25) is 0 Å². The maximum absolute atomic E-state index is 12.1. The fourth-order valence-corrected chi connectivity index (χ4v) is 2.17. The van der Waals surface area contributed by atoms with E-state index in [2.05, 4.69) is 10.6 Å². The number of benzene rings is 1. The van der Waals surface area contributed by atoms with Gasteiger partial charge in [0.1, 0.15) is 18.0 Å². The van der Waals surface area contributed by atoms with Gasteiger partial charge in [0.05, 0.1) is 14.2 Å². The Morgan fingerprint density at radius 1 is 1.15 bits per heavy atom. The molecule has 1 fully saturated rings. The zero-order chi connectivity index (χ0) is 19.1. The topological polar surface area (TPSA) is 123 Å². The first kappa shape index (κ1) is 19.0. The zero-order valence-corrected chi connectivity index (χ0v) is 14.4. The van der Waals surface area contributed by atoms with Crippen LogP contribution in [0.5, 0.6) is 11.5 Å². The maximum atomic E-state index is 12.1. The van der Waals surface area contributed by atoms with Crippen molar-refractivity contribution >= 4 is 23.8 Å². The van der Waals surface area contributed by atoms with Crippen LogP contribution in [0.3, 0.4) is 0 Å². The van der Waals surface area contributed by atoms with Crippen LogP contribution in [0, 0.1) is 0 Å². The van der Waals surface area contributed by atoms with Gasteiger partial charge in [0.15, 0.2) is 6.61 Å². The Balaban J connectivity index is 1.82. The number of carbonyl (C=O) groups excluding carboxylic acids is 4. The zero-order valence-electron chi connectivity index (χ0n) is 14.4. The first-order valence-electron chi connectivity index (χ1n) is 7.69. The quantitative estimate of drug-likeness (QED) is 0.626. The highest BCUT2D eigenvalue weighted by Crippen LogP contribution is 2.22. The second kappa shape index (κ2) is 8.70. The van der Waals surface area contributed by atoms with Gasteiger partial charge in [0.25, 0.3) is 11.8 Å². The number of urea groups is 1. The normalized spacial score (nSPS) is 13.0. The van der Waals surface area contributed by atoms with Gasteiger partial charge in [0.2, 0.25) is 0 Å². The summed E-state index contributed by atoms with van der Waals surface area (Å²) >= 11 is 0. The van der Waals surface area contributed by atoms with Crippen LogP contribution >= 0.6 is 0 Å². The summed E-state index contributed by atoms with van der Waals surface area (Å²) in [6, 6.07) is 4.05. The summed E-state index contributed by atoms with van der Waals surface area (Å²) < 4.78 is 14.9. The molecule has 0 saturated carbocycles. The first-order valence-corrected chi connectivity index (χ1v) is 7.69. The van der Waals surface area contributed by atoms with Crippen LogP contribution < -0.4 is 20.1 Å². The van der Waals surface area contributed by atoms with Crippen molar-refractivity contribution < 1.29 is 33.4 Å². The molecule has 2 N–H and O–H groups in total. The molecule has 140 valence electrons. The van der Waals surface area contributed by atoms with Crippen LogP contribution in [0.4, 0.5) is 4.79 Å². The highest BCUT2D eigenvalue weighted by Gasteiger charge is 2.26. The minimum atomic E-state index is -0.804. The minimum absolute atomic E-state index is 0.226. The number of methoxy groups -OCH3 is 2. The molecule has 1 aromatic carbocycles. The third-order valence-electron chi connectivity index (χ3n) is 3.52. The van der Waals surface area contributed by atoms with Gasteiger partial charge in [-0.3, -0.25) is 19.3 Å². The number of rotatable bonds is 7. The predicted molar refractivity (Wildman–Crippen MR) is 87.9 cm³/mol. The molecule has 0 spiro atoms. The van der Waals surface area contributed by atoms with Gasteiger partial charge < -0.3 is 24.8 Å². The summed E-state index contributed by atoms with van der Waals surface area (Å²) in [6.07, 6.45) is 0. The number of esters is 1. The molecule has 0 atom stereocenters. The summed E-state index contributed by atoms with van der Waals surface area (Å²) in [5.74, 6) is -1.12. The van der Waals surface area contributed by atoms with Crippen LogP contribution in [0.15, 0.2) is 18.2 Å². The molecule has 1 heterocycles. The molecule has 1 aliphatic heterocycles. The van der Waals surface area contributed by atoms with Crippen LogP contribution in [-0.2, 0) is 14.3 Å². The number of nitrogens with zero attached hydrogens (tertiary/aromatic N) is 1. The molecular formula is C16H19N3O7. The lowest BCUT2D eigenvalue weighted by molar-refractivity contribution is -0.149. The van der Waals surface area contributed by atoms with Crippen molar-refractivity contribution in [1.82, 2.24) is 15.5 Å². The standard InChI is InChI=1S/C16H19N3O7/c1-24-11-5-10(6-12(7-11)25-2)15(22)18-8-14(21)26-9-13(20)19-4-3-17-16(19)23/h5-7H,3-4,8-9H2,1-2H3,(H,17,23)(H,18,22). The molecule has 1 saturated heterocycles. The van der Waals surface area contributed by atoms with E-state index in [1.165, 1.54) is 26.4 Å². The fourth-order valence-electron chi connectivity index (χ4n) is 2.17. The van der Waals surface area contributed by atoms with E-state index in [4.69, 9.17) is 14.2 Å². The highest BCUT2D eigenvalue weighted by atomic mass is 16.5. The molecule has 1 aromatic rings. The molecule has 0 bridgehead atoms.